The third kappa shape index (κ3) is 3.71. The van der Waals surface area contributed by atoms with Gasteiger partial charge in [0.25, 0.3) is 0 Å². The first-order valence-corrected chi connectivity index (χ1v) is 5.11. The van der Waals surface area contributed by atoms with Gasteiger partial charge in [-0.2, -0.15) is 13.2 Å². The second-order valence-electron chi connectivity index (χ2n) is 2.88. The van der Waals surface area contributed by atoms with Gasteiger partial charge in [-0.3, -0.25) is 4.79 Å². The van der Waals surface area contributed by atoms with E-state index >= 15 is 0 Å². The average Bonchev–Trinajstić information content (AvgIpc) is 2.17. The Morgan fingerprint density at radius 2 is 1.78 bits per heavy atom. The summed E-state index contributed by atoms with van der Waals surface area (Å²) in [7, 11) is 0. The molecule has 1 aromatic heterocycles. The summed E-state index contributed by atoms with van der Waals surface area (Å²) >= 11 is 1.02. The Morgan fingerprint density at radius 1 is 1.22 bits per heavy atom. The van der Waals surface area contributed by atoms with E-state index in [1.807, 2.05) is 0 Å². The molecule has 0 bridgehead atoms. The predicted molar refractivity (Wildman–Crippen MR) is 54.0 cm³/mol. The van der Waals surface area contributed by atoms with Crippen LogP contribution in [-0.4, -0.2) is 17.6 Å². The summed E-state index contributed by atoms with van der Waals surface area (Å²) in [5.41, 5.74) is -2.22. The van der Waals surface area contributed by atoms with Gasteiger partial charge in [0, 0.05) is 0 Å². The maximum atomic E-state index is 12.5. The molecule has 0 aliphatic rings. The van der Waals surface area contributed by atoms with Crippen LogP contribution in [0.5, 0.6) is 5.88 Å². The van der Waals surface area contributed by atoms with Crippen LogP contribution in [0.1, 0.15) is 16.1 Å². The highest BCUT2D eigenvalue weighted by Gasteiger charge is 2.38. The molecule has 100 valence electrons. The van der Waals surface area contributed by atoms with Crippen molar-refractivity contribution in [3.05, 3.63) is 20.9 Å². The Kier molecular flexibility index (Phi) is 4.08. The van der Waals surface area contributed by atoms with Crippen LogP contribution in [0.15, 0.2) is 6.07 Å². The lowest BCUT2D eigenvalue weighted by Crippen LogP contribution is -2.21. The predicted octanol–water partition coefficient (Wildman–Crippen LogP) is 3.42. The minimum absolute atomic E-state index is 0.103. The molecule has 1 aromatic rings. The molecule has 0 fully saturated rings. The summed E-state index contributed by atoms with van der Waals surface area (Å²) in [5.74, 6) is -1.31. The number of aromatic nitrogens is 1. The Hall–Kier alpha value is -1.07. The fourth-order valence-corrected chi connectivity index (χ4v) is 1.66. The van der Waals surface area contributed by atoms with Crippen LogP contribution in [0.25, 0.3) is 0 Å². The fourth-order valence-electron chi connectivity index (χ4n) is 0.969. The van der Waals surface area contributed by atoms with Crippen molar-refractivity contribution in [3.63, 3.8) is 0 Å². The van der Waals surface area contributed by atoms with Gasteiger partial charge in [0.1, 0.15) is 5.69 Å². The van der Waals surface area contributed by atoms with Gasteiger partial charge in [-0.15, -0.1) is 13.2 Å². The van der Waals surface area contributed by atoms with E-state index in [4.69, 9.17) is 0 Å². The number of alkyl halides is 6. The lowest BCUT2D eigenvalue weighted by atomic mass is 10.2. The zero-order valence-electron chi connectivity index (χ0n) is 8.06. The first kappa shape index (κ1) is 15.0. The molecule has 0 radical (unpaired) electrons. The normalized spacial score (nSPS) is 12.4. The molecule has 0 aliphatic heterocycles. The van der Waals surface area contributed by atoms with Crippen LogP contribution in [0.2, 0.25) is 0 Å². The van der Waals surface area contributed by atoms with Crippen LogP contribution < -0.4 is 4.74 Å². The molecule has 18 heavy (non-hydrogen) atoms. The zero-order chi connectivity index (χ0) is 14.1. The number of carbonyl (C=O) groups is 1. The van der Waals surface area contributed by atoms with Crippen molar-refractivity contribution in [1.82, 2.24) is 4.98 Å². The number of carbonyl (C=O) groups excluding carboxylic acids is 1. The molecular formula is C8H2F6INO2. The van der Waals surface area contributed by atoms with E-state index in [9.17, 15) is 31.1 Å². The SMILES string of the molecule is O=Cc1cc(C(F)(F)F)c(I)c(OC(F)(F)F)n1. The molecule has 0 amide bonds. The number of rotatable bonds is 2. The standard InChI is InChI=1S/C8H2F6INO2/c9-7(10,11)4-1-3(2-17)16-6(5(4)15)18-8(12,13)14/h1-2H. The van der Waals surface area contributed by atoms with E-state index in [0.29, 0.717) is 6.07 Å². The molecule has 1 rings (SSSR count). The molecule has 10 heteroatoms. The Bertz CT molecular complexity index is 470. The summed E-state index contributed by atoms with van der Waals surface area (Å²) in [6.07, 6.45) is -10.2. The number of pyridine rings is 1. The number of halogens is 7. The van der Waals surface area contributed by atoms with Crippen LogP contribution in [0.3, 0.4) is 0 Å². The number of nitrogens with zero attached hydrogens (tertiary/aromatic N) is 1. The third-order valence-corrected chi connectivity index (χ3v) is 2.63. The van der Waals surface area contributed by atoms with Crippen molar-refractivity contribution < 1.29 is 35.9 Å². The maximum absolute atomic E-state index is 12.5. The van der Waals surface area contributed by atoms with Crippen LogP contribution in [0, 0.1) is 3.57 Å². The highest BCUT2D eigenvalue weighted by Crippen LogP contribution is 2.37. The van der Waals surface area contributed by atoms with Gasteiger partial charge in [0.2, 0.25) is 5.88 Å². The van der Waals surface area contributed by atoms with Crippen molar-refractivity contribution >= 4 is 28.9 Å². The summed E-state index contributed by atoms with van der Waals surface area (Å²) < 4.78 is 75.8. The van der Waals surface area contributed by atoms with Gasteiger partial charge >= 0.3 is 12.5 Å². The summed E-state index contributed by atoms with van der Waals surface area (Å²) in [5, 5.41) is 0. The van der Waals surface area contributed by atoms with E-state index in [2.05, 4.69) is 9.72 Å². The molecule has 0 saturated carbocycles. The Balaban J connectivity index is 3.39. The van der Waals surface area contributed by atoms with Gasteiger partial charge in [-0.1, -0.05) is 0 Å². The van der Waals surface area contributed by atoms with E-state index in [-0.39, 0.29) is 6.29 Å². The lowest BCUT2D eigenvalue weighted by Gasteiger charge is -2.14. The van der Waals surface area contributed by atoms with Gasteiger partial charge in [0.05, 0.1) is 9.13 Å². The van der Waals surface area contributed by atoms with E-state index in [1.165, 1.54) is 0 Å². The van der Waals surface area contributed by atoms with E-state index < -0.39 is 33.2 Å². The third-order valence-electron chi connectivity index (χ3n) is 1.59. The van der Waals surface area contributed by atoms with Crippen molar-refractivity contribution in [3.8, 4) is 5.88 Å². The minimum Gasteiger partial charge on any atom is -0.387 e. The average molecular weight is 385 g/mol. The first-order chi connectivity index (χ1) is 8.04. The molecule has 0 N–H and O–H groups in total. The first-order valence-electron chi connectivity index (χ1n) is 4.03. The molecule has 1 heterocycles. The second kappa shape index (κ2) is 4.90. The van der Waals surface area contributed by atoms with E-state index in [0.717, 1.165) is 22.6 Å². The molecule has 0 spiro atoms. The molecule has 0 aromatic carbocycles. The molecule has 3 nitrogen and oxygen atoms in total. The van der Waals surface area contributed by atoms with Crippen molar-refractivity contribution in [2.75, 3.05) is 0 Å². The minimum atomic E-state index is -5.20. The number of hydrogen-bond acceptors (Lipinski definition) is 3. The van der Waals surface area contributed by atoms with Crippen LogP contribution in [0.4, 0.5) is 26.3 Å². The van der Waals surface area contributed by atoms with Crippen LogP contribution >= 0.6 is 22.6 Å². The Morgan fingerprint density at radius 3 is 2.17 bits per heavy atom. The molecule has 0 unspecified atom stereocenters. The summed E-state index contributed by atoms with van der Waals surface area (Å²) in [6.45, 7) is 0. The van der Waals surface area contributed by atoms with Crippen LogP contribution in [-0.2, 0) is 6.18 Å². The smallest absolute Gasteiger partial charge is 0.387 e. The summed E-state index contributed by atoms with van der Waals surface area (Å²) in [4.78, 5) is 13.4. The topological polar surface area (TPSA) is 39.2 Å². The zero-order valence-corrected chi connectivity index (χ0v) is 10.2. The van der Waals surface area contributed by atoms with Gasteiger partial charge in [-0.05, 0) is 28.7 Å². The molecule has 0 aliphatic carbocycles. The molecule has 0 atom stereocenters. The van der Waals surface area contributed by atoms with E-state index in [1.54, 1.807) is 0 Å². The molecule has 0 saturated heterocycles. The highest BCUT2D eigenvalue weighted by atomic mass is 127. The quantitative estimate of drug-likeness (QED) is 0.445. The number of aldehydes is 1. The largest absolute Gasteiger partial charge is 0.574 e. The second-order valence-corrected chi connectivity index (χ2v) is 3.96. The van der Waals surface area contributed by atoms with Crippen molar-refractivity contribution in [2.45, 2.75) is 12.5 Å². The fraction of sp³-hybridized carbons (Fsp3) is 0.250. The maximum Gasteiger partial charge on any atom is 0.574 e. The molecular weight excluding hydrogens is 383 g/mol. The lowest BCUT2D eigenvalue weighted by molar-refractivity contribution is -0.276. The van der Waals surface area contributed by atoms with Gasteiger partial charge in [-0.25, -0.2) is 4.98 Å². The number of ether oxygens (including phenoxy) is 1. The Labute approximate surface area is 109 Å². The van der Waals surface area contributed by atoms with Gasteiger partial charge < -0.3 is 4.74 Å². The van der Waals surface area contributed by atoms with Crippen molar-refractivity contribution in [2.24, 2.45) is 0 Å². The highest BCUT2D eigenvalue weighted by molar-refractivity contribution is 14.1. The monoisotopic (exact) mass is 385 g/mol. The van der Waals surface area contributed by atoms with Crippen molar-refractivity contribution in [1.29, 1.82) is 0 Å². The summed E-state index contributed by atoms with van der Waals surface area (Å²) in [6, 6.07) is 0.345. The number of hydrogen-bond donors (Lipinski definition) is 0. The van der Waals surface area contributed by atoms with Gasteiger partial charge in [0.15, 0.2) is 6.29 Å².